The Morgan fingerprint density at radius 1 is 1.05 bits per heavy atom. The van der Waals surface area contributed by atoms with Crippen LogP contribution in [-0.2, 0) is 22.5 Å². The Hall–Kier alpha value is -3.36. The van der Waals surface area contributed by atoms with E-state index in [1.165, 1.54) is 0 Å². The first-order valence-corrected chi connectivity index (χ1v) is 13.0. The molecule has 0 fully saturated rings. The number of carbonyl (C=O) groups is 1. The minimum absolute atomic E-state index is 0.0899. The fourth-order valence-electron chi connectivity index (χ4n) is 4.03. The van der Waals surface area contributed by atoms with Crippen LogP contribution in [0.4, 0.5) is 5.69 Å². The van der Waals surface area contributed by atoms with E-state index >= 15 is 0 Å². The van der Waals surface area contributed by atoms with Gasteiger partial charge in [0.05, 0.1) is 6.61 Å². The Morgan fingerprint density at radius 2 is 1.73 bits per heavy atom. The van der Waals surface area contributed by atoms with Gasteiger partial charge in [0.15, 0.2) is 5.54 Å². The number of hydrogen-bond donors (Lipinski definition) is 2. The fourth-order valence-corrected chi connectivity index (χ4v) is 4.29. The maximum absolute atomic E-state index is 13.6. The van der Waals surface area contributed by atoms with E-state index in [0.29, 0.717) is 37.6 Å². The van der Waals surface area contributed by atoms with Gasteiger partial charge in [-0.15, -0.1) is 0 Å². The van der Waals surface area contributed by atoms with Gasteiger partial charge in [-0.2, -0.15) is 0 Å². The molecule has 0 aliphatic carbocycles. The molecular formula is C29H32BrN3O4. The molecule has 1 aliphatic heterocycles. The summed E-state index contributed by atoms with van der Waals surface area (Å²) in [6.45, 7) is 1.09. The first kappa shape index (κ1) is 26.7. The molecule has 8 heteroatoms. The molecule has 1 heterocycles. The maximum Gasteiger partial charge on any atom is 0.252 e. The Bertz CT molecular complexity index is 1210. The Morgan fingerprint density at radius 3 is 2.38 bits per heavy atom. The average molecular weight is 566 g/mol. The molecule has 0 aromatic heterocycles. The molecule has 0 saturated heterocycles. The summed E-state index contributed by atoms with van der Waals surface area (Å²) in [4.78, 5) is 20.5. The normalized spacial score (nSPS) is 16.6. The third kappa shape index (κ3) is 6.90. The molecule has 3 aromatic carbocycles. The second kappa shape index (κ2) is 12.3. The monoisotopic (exact) mass is 565 g/mol. The topological polar surface area (TPSA) is 83.4 Å². The van der Waals surface area contributed by atoms with Crippen molar-refractivity contribution >= 4 is 33.4 Å². The summed E-state index contributed by atoms with van der Waals surface area (Å²) in [5, 5.41) is 12.0. The van der Waals surface area contributed by atoms with Crippen LogP contribution in [0.2, 0.25) is 0 Å². The molecule has 4 rings (SSSR count). The molecule has 194 valence electrons. The highest BCUT2D eigenvalue weighted by Crippen LogP contribution is 2.28. The summed E-state index contributed by atoms with van der Waals surface area (Å²) >= 11 is 3.47. The number of hydrogen-bond acceptors (Lipinski definition) is 6. The van der Waals surface area contributed by atoms with Gasteiger partial charge in [-0.05, 0) is 59.7 Å². The largest absolute Gasteiger partial charge is 0.494 e. The lowest BCUT2D eigenvalue weighted by Crippen LogP contribution is -2.48. The number of carbonyl (C=O) groups excluding carboxylic acids is 1. The number of nitrogens with zero attached hydrogens (tertiary/aromatic N) is 2. The number of aliphatic imine (C=N–C) groups is 1. The molecule has 37 heavy (non-hydrogen) atoms. The molecule has 0 saturated carbocycles. The van der Waals surface area contributed by atoms with Crippen molar-refractivity contribution < 1.29 is 19.4 Å². The van der Waals surface area contributed by atoms with Gasteiger partial charge in [-0.1, -0.05) is 40.2 Å². The second-order valence-corrected chi connectivity index (χ2v) is 10.1. The van der Waals surface area contributed by atoms with Crippen molar-refractivity contribution in [1.82, 2.24) is 5.32 Å². The molecule has 1 aliphatic rings. The van der Waals surface area contributed by atoms with E-state index in [1.807, 2.05) is 91.8 Å². The minimum Gasteiger partial charge on any atom is -0.494 e. The van der Waals surface area contributed by atoms with Crippen LogP contribution in [0.1, 0.15) is 23.1 Å². The van der Waals surface area contributed by atoms with E-state index in [1.54, 1.807) is 0 Å². The van der Waals surface area contributed by atoms with Gasteiger partial charge in [0.25, 0.3) is 5.91 Å². The predicted molar refractivity (Wildman–Crippen MR) is 149 cm³/mol. The molecule has 0 spiro atoms. The first-order valence-electron chi connectivity index (χ1n) is 12.2. The summed E-state index contributed by atoms with van der Waals surface area (Å²) < 4.78 is 12.6. The summed E-state index contributed by atoms with van der Waals surface area (Å²) in [6.07, 6.45) is 0.989. The molecule has 2 N–H and O–H groups in total. The van der Waals surface area contributed by atoms with Crippen LogP contribution in [0, 0.1) is 0 Å². The number of aliphatic hydroxyl groups excluding tert-OH is 1. The molecular weight excluding hydrogens is 534 g/mol. The van der Waals surface area contributed by atoms with E-state index in [0.717, 1.165) is 26.9 Å². The van der Waals surface area contributed by atoms with Crippen LogP contribution in [-0.4, -0.2) is 56.4 Å². The van der Waals surface area contributed by atoms with Gasteiger partial charge in [-0.3, -0.25) is 4.79 Å². The van der Waals surface area contributed by atoms with Crippen LogP contribution in [0.5, 0.6) is 5.75 Å². The number of anilines is 1. The van der Waals surface area contributed by atoms with Crippen LogP contribution in [0.25, 0.3) is 0 Å². The number of ether oxygens (including phenoxy) is 2. The Labute approximate surface area is 226 Å². The lowest BCUT2D eigenvalue weighted by atomic mass is 9.91. The van der Waals surface area contributed by atoms with Gasteiger partial charge in [0.2, 0.25) is 5.90 Å². The van der Waals surface area contributed by atoms with E-state index in [4.69, 9.17) is 19.6 Å². The van der Waals surface area contributed by atoms with Gasteiger partial charge < -0.3 is 24.8 Å². The minimum atomic E-state index is -1.08. The van der Waals surface area contributed by atoms with E-state index in [9.17, 15) is 4.79 Å². The maximum atomic E-state index is 13.6. The molecule has 1 atom stereocenters. The zero-order valence-electron chi connectivity index (χ0n) is 21.1. The van der Waals surface area contributed by atoms with Crippen molar-refractivity contribution in [1.29, 1.82) is 0 Å². The number of aliphatic hydroxyl groups is 1. The number of amides is 1. The quantitative estimate of drug-likeness (QED) is 0.338. The van der Waals surface area contributed by atoms with Crippen molar-refractivity contribution in [2.45, 2.75) is 24.9 Å². The summed E-state index contributed by atoms with van der Waals surface area (Å²) in [7, 11) is 3.99. The van der Waals surface area contributed by atoms with Crippen molar-refractivity contribution in [2.75, 3.05) is 38.8 Å². The van der Waals surface area contributed by atoms with Crippen molar-refractivity contribution in [3.8, 4) is 5.75 Å². The molecule has 1 amide bonds. The smallest absolute Gasteiger partial charge is 0.252 e. The summed E-state index contributed by atoms with van der Waals surface area (Å²) in [6, 6.07) is 23.4. The van der Waals surface area contributed by atoms with Crippen LogP contribution < -0.4 is 15.0 Å². The highest BCUT2D eigenvalue weighted by molar-refractivity contribution is 9.10. The third-order valence-corrected chi connectivity index (χ3v) is 6.70. The van der Waals surface area contributed by atoms with E-state index in [-0.39, 0.29) is 19.1 Å². The van der Waals surface area contributed by atoms with Crippen molar-refractivity contribution in [3.05, 3.63) is 94.0 Å². The molecule has 3 aromatic rings. The zero-order chi connectivity index (χ0) is 26.3. The van der Waals surface area contributed by atoms with Gasteiger partial charge >= 0.3 is 0 Å². The molecule has 7 nitrogen and oxygen atoms in total. The number of benzene rings is 3. The van der Waals surface area contributed by atoms with Gasteiger partial charge in [0.1, 0.15) is 12.4 Å². The Kier molecular flexibility index (Phi) is 8.84. The highest BCUT2D eigenvalue weighted by Gasteiger charge is 2.44. The lowest BCUT2D eigenvalue weighted by molar-refractivity contribution is -0.126. The highest BCUT2D eigenvalue weighted by atomic mass is 79.9. The molecule has 0 bridgehead atoms. The van der Waals surface area contributed by atoms with E-state index in [2.05, 4.69) is 21.2 Å². The van der Waals surface area contributed by atoms with Gasteiger partial charge in [-0.25, -0.2) is 4.99 Å². The van der Waals surface area contributed by atoms with Crippen molar-refractivity contribution in [2.24, 2.45) is 4.99 Å². The number of rotatable bonds is 11. The lowest BCUT2D eigenvalue weighted by Gasteiger charge is -2.23. The fraction of sp³-hybridized carbons (Fsp3) is 0.310. The van der Waals surface area contributed by atoms with Crippen LogP contribution in [0.15, 0.2) is 82.3 Å². The average Bonchev–Trinajstić information content (AvgIpc) is 3.34. The van der Waals surface area contributed by atoms with Crippen LogP contribution >= 0.6 is 15.9 Å². The van der Waals surface area contributed by atoms with Crippen LogP contribution in [0.3, 0.4) is 0 Å². The van der Waals surface area contributed by atoms with Crippen molar-refractivity contribution in [3.63, 3.8) is 0 Å². The first-order chi connectivity index (χ1) is 17.9. The number of halogens is 1. The number of nitrogens with one attached hydrogen (secondary N) is 1. The Balaban J connectivity index is 1.53. The third-order valence-electron chi connectivity index (χ3n) is 6.17. The molecule has 0 unspecified atom stereocenters. The standard InChI is InChI=1S/C29H32BrN3O4/c1-33(2)25-12-6-22(7-13-25)19-31-28(35)29(18-21-4-10-24(30)11-5-21)20-37-27(32-29)23-8-14-26(15-9-23)36-17-3-16-34/h4-15,34H,3,16-20H2,1-2H3,(H,31,35)/t29-/m1/s1. The van der Waals surface area contributed by atoms with E-state index < -0.39 is 5.54 Å². The zero-order valence-corrected chi connectivity index (χ0v) is 22.7. The summed E-state index contributed by atoms with van der Waals surface area (Å²) in [5.41, 5.74) is 2.81. The molecule has 0 radical (unpaired) electrons. The second-order valence-electron chi connectivity index (χ2n) is 9.23. The predicted octanol–water partition coefficient (Wildman–Crippen LogP) is 4.35. The summed E-state index contributed by atoms with van der Waals surface area (Å²) in [5.74, 6) is 0.963. The van der Waals surface area contributed by atoms with Gasteiger partial charge in [0, 0.05) is 55.8 Å². The SMILES string of the molecule is CN(C)c1ccc(CNC(=O)[C@@]2(Cc3ccc(Br)cc3)COC(c3ccc(OCCCO)cc3)=N2)cc1.